The van der Waals surface area contributed by atoms with E-state index in [4.69, 9.17) is 11.6 Å². The van der Waals surface area contributed by atoms with Crippen molar-refractivity contribution in [2.75, 3.05) is 17.6 Å². The Morgan fingerprint density at radius 3 is 3.06 bits per heavy atom. The van der Waals surface area contributed by atoms with Crippen molar-refractivity contribution in [1.82, 2.24) is 0 Å². The fourth-order valence-electron chi connectivity index (χ4n) is 1.85. The van der Waals surface area contributed by atoms with E-state index in [1.165, 1.54) is 0 Å². The highest BCUT2D eigenvalue weighted by molar-refractivity contribution is 7.99. The van der Waals surface area contributed by atoms with E-state index in [0.717, 1.165) is 30.0 Å². The normalized spacial score (nSPS) is 19.8. The topological polar surface area (TPSA) is 55.2 Å². The molecule has 6 heteroatoms. The second-order valence-corrected chi connectivity index (χ2v) is 5.80. The van der Waals surface area contributed by atoms with E-state index in [9.17, 15) is 10.1 Å². The number of nitrogens with one attached hydrogen (secondary N) is 1. The number of nitro groups is 1. The number of benzene rings is 1. The zero-order chi connectivity index (χ0) is 12.4. The average Bonchev–Trinajstić information content (AvgIpc) is 2.26. The van der Waals surface area contributed by atoms with Crippen LogP contribution in [0.1, 0.15) is 24.2 Å². The van der Waals surface area contributed by atoms with Gasteiger partial charge in [-0.05, 0) is 30.7 Å². The molecule has 4 nitrogen and oxygen atoms in total. The van der Waals surface area contributed by atoms with Crippen LogP contribution in [0.2, 0.25) is 5.02 Å². The minimum atomic E-state index is -0.444. The molecule has 0 aliphatic carbocycles. The van der Waals surface area contributed by atoms with Crippen molar-refractivity contribution in [3.8, 4) is 0 Å². The molecule has 17 heavy (non-hydrogen) atoms. The quantitative estimate of drug-likeness (QED) is 0.623. The fourth-order valence-corrected chi connectivity index (χ4v) is 3.13. The zero-order valence-corrected chi connectivity index (χ0v) is 11.0. The first kappa shape index (κ1) is 12.5. The van der Waals surface area contributed by atoms with Gasteiger partial charge in [-0.25, -0.2) is 0 Å². The van der Waals surface area contributed by atoms with Crippen LogP contribution in [-0.2, 0) is 0 Å². The summed E-state index contributed by atoms with van der Waals surface area (Å²) in [5.41, 5.74) is 1.85. The number of fused-ring (bicyclic) bond motifs is 1. The number of halogens is 1. The van der Waals surface area contributed by atoms with Crippen LogP contribution in [0.15, 0.2) is 12.1 Å². The standard InChI is InChI=1S/C11H13ClN2O2S/c1-7-8-5-9(12)11(14(15)16)6-10(8)13-3-2-4-17-7/h5-7,13H,2-4H2,1H3. The molecule has 1 heterocycles. The molecule has 0 saturated heterocycles. The molecule has 0 saturated carbocycles. The zero-order valence-electron chi connectivity index (χ0n) is 9.40. The highest BCUT2D eigenvalue weighted by Crippen LogP contribution is 2.40. The molecular formula is C11H13ClN2O2S. The molecule has 0 amide bonds. The van der Waals surface area contributed by atoms with Crippen LogP contribution in [0.3, 0.4) is 0 Å². The summed E-state index contributed by atoms with van der Waals surface area (Å²) in [6, 6.07) is 3.26. The molecular weight excluding hydrogens is 260 g/mol. The maximum Gasteiger partial charge on any atom is 0.289 e. The summed E-state index contributed by atoms with van der Waals surface area (Å²) < 4.78 is 0. The van der Waals surface area contributed by atoms with Gasteiger partial charge < -0.3 is 5.32 Å². The Morgan fingerprint density at radius 1 is 1.59 bits per heavy atom. The van der Waals surface area contributed by atoms with Gasteiger partial charge in [0.25, 0.3) is 5.69 Å². The lowest BCUT2D eigenvalue weighted by atomic mass is 10.1. The predicted octanol–water partition coefficient (Wildman–Crippen LogP) is 3.86. The molecule has 2 rings (SSSR count). The second-order valence-electron chi connectivity index (χ2n) is 3.94. The molecule has 1 aliphatic heterocycles. The van der Waals surface area contributed by atoms with Crippen molar-refractivity contribution < 1.29 is 4.92 Å². The lowest BCUT2D eigenvalue weighted by molar-refractivity contribution is -0.384. The summed E-state index contributed by atoms with van der Waals surface area (Å²) >= 11 is 7.79. The number of hydrogen-bond donors (Lipinski definition) is 1. The summed E-state index contributed by atoms with van der Waals surface area (Å²) in [4.78, 5) is 10.4. The Balaban J connectivity index is 2.48. The van der Waals surface area contributed by atoms with E-state index in [1.54, 1.807) is 12.1 Å². The average molecular weight is 273 g/mol. The van der Waals surface area contributed by atoms with Crippen molar-refractivity contribution in [3.05, 3.63) is 32.8 Å². The first-order valence-electron chi connectivity index (χ1n) is 5.43. The molecule has 1 unspecified atom stereocenters. The van der Waals surface area contributed by atoms with Gasteiger partial charge in [0.2, 0.25) is 0 Å². The largest absolute Gasteiger partial charge is 0.385 e. The maximum absolute atomic E-state index is 10.8. The third-order valence-electron chi connectivity index (χ3n) is 2.76. The first-order chi connectivity index (χ1) is 8.09. The fraction of sp³-hybridized carbons (Fsp3) is 0.455. The summed E-state index contributed by atoms with van der Waals surface area (Å²) in [6.07, 6.45) is 1.06. The van der Waals surface area contributed by atoms with Gasteiger partial charge in [-0.1, -0.05) is 11.6 Å². The third kappa shape index (κ3) is 2.66. The van der Waals surface area contributed by atoms with Crippen LogP contribution in [-0.4, -0.2) is 17.2 Å². The number of anilines is 1. The van der Waals surface area contributed by atoms with Crippen LogP contribution in [0.25, 0.3) is 0 Å². The van der Waals surface area contributed by atoms with Crippen LogP contribution in [0.5, 0.6) is 0 Å². The van der Waals surface area contributed by atoms with Gasteiger partial charge in [0.1, 0.15) is 5.02 Å². The Bertz CT molecular complexity index is 453. The van der Waals surface area contributed by atoms with Crippen molar-refractivity contribution >= 4 is 34.7 Å². The summed E-state index contributed by atoms with van der Waals surface area (Å²) in [7, 11) is 0. The van der Waals surface area contributed by atoms with E-state index in [0.29, 0.717) is 5.25 Å². The minimum Gasteiger partial charge on any atom is -0.385 e. The molecule has 1 aliphatic rings. The van der Waals surface area contributed by atoms with Crippen LogP contribution < -0.4 is 5.32 Å². The first-order valence-corrected chi connectivity index (χ1v) is 6.85. The predicted molar refractivity (Wildman–Crippen MR) is 72.1 cm³/mol. The highest BCUT2D eigenvalue weighted by Gasteiger charge is 2.21. The van der Waals surface area contributed by atoms with Crippen LogP contribution in [0.4, 0.5) is 11.4 Å². The molecule has 0 radical (unpaired) electrons. The van der Waals surface area contributed by atoms with Crippen molar-refractivity contribution in [2.24, 2.45) is 0 Å². The van der Waals surface area contributed by atoms with Crippen molar-refractivity contribution in [2.45, 2.75) is 18.6 Å². The van der Waals surface area contributed by atoms with Gasteiger partial charge in [0.15, 0.2) is 0 Å². The molecule has 0 fully saturated rings. The van der Waals surface area contributed by atoms with E-state index in [-0.39, 0.29) is 10.7 Å². The van der Waals surface area contributed by atoms with Crippen molar-refractivity contribution in [3.63, 3.8) is 0 Å². The Morgan fingerprint density at radius 2 is 2.35 bits per heavy atom. The van der Waals surface area contributed by atoms with Gasteiger partial charge in [-0.15, -0.1) is 0 Å². The number of nitrogens with zero attached hydrogens (tertiary/aromatic N) is 1. The highest BCUT2D eigenvalue weighted by atomic mass is 35.5. The molecule has 1 aromatic carbocycles. The van der Waals surface area contributed by atoms with Gasteiger partial charge >= 0.3 is 0 Å². The minimum absolute atomic E-state index is 0.0318. The maximum atomic E-state index is 10.8. The molecule has 1 atom stereocenters. The Labute approximate surface area is 109 Å². The van der Waals surface area contributed by atoms with E-state index >= 15 is 0 Å². The molecule has 0 aromatic heterocycles. The van der Waals surface area contributed by atoms with E-state index in [2.05, 4.69) is 12.2 Å². The molecule has 0 spiro atoms. The van der Waals surface area contributed by atoms with Crippen molar-refractivity contribution in [1.29, 1.82) is 0 Å². The number of hydrogen-bond acceptors (Lipinski definition) is 4. The molecule has 92 valence electrons. The molecule has 1 N–H and O–H groups in total. The smallest absolute Gasteiger partial charge is 0.289 e. The monoisotopic (exact) mass is 272 g/mol. The molecule has 0 bridgehead atoms. The number of thioether (sulfide) groups is 1. The van der Waals surface area contributed by atoms with E-state index in [1.807, 2.05) is 11.8 Å². The second kappa shape index (κ2) is 5.14. The van der Waals surface area contributed by atoms with Gasteiger partial charge in [-0.3, -0.25) is 10.1 Å². The lowest BCUT2D eigenvalue weighted by Gasteiger charge is -2.21. The van der Waals surface area contributed by atoms with Gasteiger partial charge in [-0.2, -0.15) is 11.8 Å². The van der Waals surface area contributed by atoms with E-state index < -0.39 is 4.92 Å². The Hall–Kier alpha value is -0.940. The summed E-state index contributed by atoms with van der Waals surface area (Å²) in [5.74, 6) is 1.09. The third-order valence-corrected chi connectivity index (χ3v) is 4.34. The van der Waals surface area contributed by atoms with Crippen LogP contribution in [0, 0.1) is 10.1 Å². The molecule has 1 aromatic rings. The van der Waals surface area contributed by atoms with Gasteiger partial charge in [0, 0.05) is 23.5 Å². The van der Waals surface area contributed by atoms with Gasteiger partial charge in [0.05, 0.1) is 4.92 Å². The number of rotatable bonds is 1. The Kier molecular flexibility index (Phi) is 3.79. The summed E-state index contributed by atoms with van der Waals surface area (Å²) in [6.45, 7) is 2.93. The lowest BCUT2D eigenvalue weighted by Crippen LogP contribution is -2.10. The summed E-state index contributed by atoms with van der Waals surface area (Å²) in [5, 5.41) is 14.6. The SMILES string of the molecule is CC1SCCCNc2cc([N+](=O)[O-])c(Cl)cc21. The number of nitro benzene ring substituents is 1. The van der Waals surface area contributed by atoms with Crippen LogP contribution >= 0.6 is 23.4 Å².